The van der Waals surface area contributed by atoms with Crippen molar-refractivity contribution in [1.82, 2.24) is 0 Å². The van der Waals surface area contributed by atoms with Gasteiger partial charge in [-0.25, -0.2) is 4.39 Å². The average molecular weight is 240 g/mol. The van der Waals surface area contributed by atoms with Crippen LogP contribution in [0.3, 0.4) is 0 Å². The number of carboxylic acid groups (broad SMARTS) is 1. The molecule has 0 saturated heterocycles. The van der Waals surface area contributed by atoms with Gasteiger partial charge in [0.2, 0.25) is 0 Å². The van der Waals surface area contributed by atoms with E-state index in [0.29, 0.717) is 16.9 Å². The lowest BCUT2D eigenvalue weighted by Gasteiger charge is -2.20. The predicted octanol–water partition coefficient (Wildman–Crippen LogP) is 2.80. The van der Waals surface area contributed by atoms with E-state index in [2.05, 4.69) is 0 Å². The molecule has 0 amide bonds. The van der Waals surface area contributed by atoms with Crippen LogP contribution < -0.4 is 4.74 Å². The van der Waals surface area contributed by atoms with E-state index in [0.717, 1.165) is 0 Å². The SMILES string of the molecule is COc1cc(C)c(F)cc1CC(C)(C)C(=O)O. The summed E-state index contributed by atoms with van der Waals surface area (Å²) in [5, 5.41) is 9.06. The van der Waals surface area contributed by atoms with Crippen molar-refractivity contribution >= 4 is 5.97 Å². The van der Waals surface area contributed by atoms with Crippen LogP contribution in [-0.4, -0.2) is 18.2 Å². The van der Waals surface area contributed by atoms with Crippen LogP contribution in [0.25, 0.3) is 0 Å². The van der Waals surface area contributed by atoms with Gasteiger partial charge in [0.25, 0.3) is 0 Å². The number of hydrogen-bond acceptors (Lipinski definition) is 2. The summed E-state index contributed by atoms with van der Waals surface area (Å²) in [5.41, 5.74) is 0.108. The molecule has 1 aromatic carbocycles. The van der Waals surface area contributed by atoms with Gasteiger partial charge < -0.3 is 9.84 Å². The Kier molecular flexibility index (Phi) is 3.76. The lowest BCUT2D eigenvalue weighted by Crippen LogP contribution is -2.26. The molecule has 0 saturated carbocycles. The van der Waals surface area contributed by atoms with Crippen LogP contribution in [0, 0.1) is 18.2 Å². The third-order valence-corrected chi connectivity index (χ3v) is 2.77. The summed E-state index contributed by atoms with van der Waals surface area (Å²) in [6.45, 7) is 4.85. The minimum atomic E-state index is -0.949. The quantitative estimate of drug-likeness (QED) is 0.880. The van der Waals surface area contributed by atoms with Gasteiger partial charge in [-0.2, -0.15) is 0 Å². The third-order valence-electron chi connectivity index (χ3n) is 2.77. The number of hydrogen-bond donors (Lipinski definition) is 1. The van der Waals surface area contributed by atoms with Gasteiger partial charge in [-0.15, -0.1) is 0 Å². The Morgan fingerprint density at radius 2 is 2.06 bits per heavy atom. The number of benzene rings is 1. The Hall–Kier alpha value is -1.58. The molecule has 0 bridgehead atoms. The van der Waals surface area contributed by atoms with Crippen LogP contribution in [0.1, 0.15) is 25.0 Å². The van der Waals surface area contributed by atoms with Crippen molar-refractivity contribution < 1.29 is 19.0 Å². The Balaban J connectivity index is 3.14. The summed E-state index contributed by atoms with van der Waals surface area (Å²) in [7, 11) is 1.49. The first kappa shape index (κ1) is 13.5. The maximum absolute atomic E-state index is 13.5. The Labute approximate surface area is 100 Å². The minimum Gasteiger partial charge on any atom is -0.496 e. The van der Waals surface area contributed by atoms with Crippen LogP contribution >= 0.6 is 0 Å². The molecule has 0 unspecified atom stereocenters. The standard InChI is InChI=1S/C13H17FO3/c1-8-5-11(17-4)9(6-10(8)14)7-13(2,3)12(15)16/h5-6H,7H2,1-4H3,(H,15,16). The average Bonchev–Trinajstić information content (AvgIpc) is 2.22. The Morgan fingerprint density at radius 1 is 1.47 bits per heavy atom. The van der Waals surface area contributed by atoms with Crippen molar-refractivity contribution in [3.05, 3.63) is 29.1 Å². The smallest absolute Gasteiger partial charge is 0.309 e. The molecule has 0 aromatic heterocycles. The molecular weight excluding hydrogens is 223 g/mol. The van der Waals surface area contributed by atoms with Crippen molar-refractivity contribution in [1.29, 1.82) is 0 Å². The van der Waals surface area contributed by atoms with Crippen molar-refractivity contribution in [2.24, 2.45) is 5.41 Å². The first-order valence-electron chi connectivity index (χ1n) is 5.34. The molecule has 1 rings (SSSR count). The number of methoxy groups -OCH3 is 1. The van der Waals surface area contributed by atoms with E-state index < -0.39 is 11.4 Å². The number of aryl methyl sites for hydroxylation is 1. The Bertz CT molecular complexity index is 439. The van der Waals surface area contributed by atoms with Gasteiger partial charge in [0, 0.05) is 0 Å². The highest BCUT2D eigenvalue weighted by molar-refractivity contribution is 5.74. The van der Waals surface area contributed by atoms with Crippen molar-refractivity contribution in [2.45, 2.75) is 27.2 Å². The second kappa shape index (κ2) is 4.73. The van der Waals surface area contributed by atoms with Crippen LogP contribution in [0.5, 0.6) is 5.75 Å². The fraction of sp³-hybridized carbons (Fsp3) is 0.462. The number of carboxylic acids is 1. The lowest BCUT2D eigenvalue weighted by molar-refractivity contribution is -0.146. The maximum Gasteiger partial charge on any atom is 0.309 e. The largest absolute Gasteiger partial charge is 0.496 e. The molecule has 0 aliphatic carbocycles. The molecule has 94 valence electrons. The molecule has 0 fully saturated rings. The first-order chi connectivity index (χ1) is 7.77. The molecule has 0 aliphatic rings. The highest BCUT2D eigenvalue weighted by atomic mass is 19.1. The molecule has 0 heterocycles. The molecule has 1 aromatic rings. The summed E-state index contributed by atoms with van der Waals surface area (Å²) in [5.74, 6) is -0.735. The molecule has 0 aliphatic heterocycles. The van der Waals surface area contributed by atoms with Crippen molar-refractivity contribution in [2.75, 3.05) is 7.11 Å². The molecule has 4 heteroatoms. The topological polar surface area (TPSA) is 46.5 Å². The highest BCUT2D eigenvalue weighted by Gasteiger charge is 2.29. The molecule has 1 N–H and O–H groups in total. The van der Waals surface area contributed by atoms with Crippen LogP contribution in [0.2, 0.25) is 0 Å². The number of aliphatic carboxylic acids is 1. The van der Waals surface area contributed by atoms with Crippen molar-refractivity contribution in [3.8, 4) is 5.75 Å². The first-order valence-corrected chi connectivity index (χ1v) is 5.34. The minimum absolute atomic E-state index is 0.225. The summed E-state index contributed by atoms with van der Waals surface area (Å²) in [6, 6.07) is 2.93. The fourth-order valence-corrected chi connectivity index (χ4v) is 1.58. The maximum atomic E-state index is 13.5. The summed E-state index contributed by atoms with van der Waals surface area (Å²) >= 11 is 0. The van der Waals surface area contributed by atoms with E-state index in [1.54, 1.807) is 26.8 Å². The summed E-state index contributed by atoms with van der Waals surface area (Å²) in [6.07, 6.45) is 0.225. The van der Waals surface area contributed by atoms with Crippen LogP contribution in [-0.2, 0) is 11.2 Å². The van der Waals surface area contributed by atoms with E-state index in [9.17, 15) is 9.18 Å². The second-order valence-corrected chi connectivity index (χ2v) is 4.78. The van der Waals surface area contributed by atoms with Gasteiger partial charge in [0.1, 0.15) is 11.6 Å². The summed E-state index contributed by atoms with van der Waals surface area (Å²) in [4.78, 5) is 11.0. The highest BCUT2D eigenvalue weighted by Crippen LogP contribution is 2.30. The molecular formula is C13H17FO3. The van der Waals surface area contributed by atoms with Crippen LogP contribution in [0.4, 0.5) is 4.39 Å². The van der Waals surface area contributed by atoms with Crippen LogP contribution in [0.15, 0.2) is 12.1 Å². The van der Waals surface area contributed by atoms with Gasteiger partial charge in [-0.3, -0.25) is 4.79 Å². The zero-order valence-corrected chi connectivity index (χ0v) is 10.5. The van der Waals surface area contributed by atoms with E-state index >= 15 is 0 Å². The molecule has 0 radical (unpaired) electrons. The molecule has 3 nitrogen and oxygen atoms in total. The molecule has 17 heavy (non-hydrogen) atoms. The second-order valence-electron chi connectivity index (χ2n) is 4.78. The molecule has 0 spiro atoms. The number of halogens is 1. The van der Waals surface area contributed by atoms with Gasteiger partial charge in [0.05, 0.1) is 12.5 Å². The van der Waals surface area contributed by atoms with Crippen molar-refractivity contribution in [3.63, 3.8) is 0 Å². The third kappa shape index (κ3) is 2.96. The number of rotatable bonds is 4. The van der Waals surface area contributed by atoms with Gasteiger partial charge in [0.15, 0.2) is 0 Å². The molecule has 0 atom stereocenters. The number of carbonyl (C=O) groups is 1. The van der Waals surface area contributed by atoms with E-state index in [-0.39, 0.29) is 12.2 Å². The van der Waals surface area contributed by atoms with E-state index in [1.165, 1.54) is 13.2 Å². The van der Waals surface area contributed by atoms with E-state index in [1.807, 2.05) is 0 Å². The normalized spacial score (nSPS) is 11.4. The zero-order valence-electron chi connectivity index (χ0n) is 10.5. The zero-order chi connectivity index (χ0) is 13.2. The fourth-order valence-electron chi connectivity index (χ4n) is 1.58. The van der Waals surface area contributed by atoms with Gasteiger partial charge in [-0.05, 0) is 50.5 Å². The summed E-state index contributed by atoms with van der Waals surface area (Å²) < 4.78 is 18.6. The Morgan fingerprint density at radius 3 is 2.53 bits per heavy atom. The number of ether oxygens (including phenoxy) is 1. The monoisotopic (exact) mass is 240 g/mol. The van der Waals surface area contributed by atoms with Gasteiger partial charge in [-0.1, -0.05) is 0 Å². The van der Waals surface area contributed by atoms with E-state index in [4.69, 9.17) is 9.84 Å². The lowest BCUT2D eigenvalue weighted by atomic mass is 9.85. The van der Waals surface area contributed by atoms with Gasteiger partial charge >= 0.3 is 5.97 Å². The predicted molar refractivity (Wildman–Crippen MR) is 62.8 cm³/mol.